The molecule has 0 radical (unpaired) electrons. The Labute approximate surface area is 185 Å². The van der Waals surface area contributed by atoms with Crippen molar-refractivity contribution in [1.82, 2.24) is 15.3 Å². The van der Waals surface area contributed by atoms with Crippen molar-refractivity contribution in [3.63, 3.8) is 0 Å². The normalized spacial score (nSPS) is 16.3. The van der Waals surface area contributed by atoms with Crippen molar-refractivity contribution in [2.75, 3.05) is 12.8 Å². The zero-order valence-electron chi connectivity index (χ0n) is 16.4. The Bertz CT molecular complexity index is 1260. The number of H-pyrrole nitrogens is 1. The molecule has 0 aromatic carbocycles. The highest BCUT2D eigenvalue weighted by atomic mass is 32.3. The molecule has 4 heterocycles. The number of fused-ring (bicyclic) bond motifs is 1. The van der Waals surface area contributed by atoms with Crippen molar-refractivity contribution < 1.29 is 26.9 Å². The van der Waals surface area contributed by atoms with Crippen LogP contribution in [0, 0.1) is 10.7 Å². The van der Waals surface area contributed by atoms with E-state index in [9.17, 15) is 28.0 Å². The number of rotatable bonds is 4. The van der Waals surface area contributed by atoms with Gasteiger partial charge in [0.15, 0.2) is 5.40 Å². The second-order valence-corrected chi connectivity index (χ2v) is 10.8. The molecule has 2 N–H and O–H groups in total. The molecule has 1 aliphatic heterocycles. The molecular formula is C20H15F3N4O3S2. The summed E-state index contributed by atoms with van der Waals surface area (Å²) in [4.78, 5) is 31.4. The van der Waals surface area contributed by atoms with Gasteiger partial charge in [-0.05, 0) is 30.3 Å². The van der Waals surface area contributed by atoms with Gasteiger partial charge in [0.2, 0.25) is 0 Å². The molecule has 4 rings (SSSR count). The van der Waals surface area contributed by atoms with Gasteiger partial charge in [-0.2, -0.15) is 18.4 Å². The monoisotopic (exact) mass is 480 g/mol. The highest BCUT2D eigenvalue weighted by Crippen LogP contribution is 2.57. The number of carbonyl (C=O) groups excluding carboxylic acids is 2. The van der Waals surface area contributed by atoms with Crippen LogP contribution in [-0.4, -0.2) is 40.8 Å². The number of aromatic nitrogens is 2. The average molecular weight is 480 g/mol. The second-order valence-electron chi connectivity index (χ2n) is 6.93. The molecule has 0 bridgehead atoms. The van der Waals surface area contributed by atoms with Crippen molar-refractivity contribution in [1.29, 1.82) is 5.26 Å². The van der Waals surface area contributed by atoms with Gasteiger partial charge >= 0.3 is 12.1 Å². The first-order valence-corrected chi connectivity index (χ1v) is 12.0. The zero-order chi connectivity index (χ0) is 23.1. The Hall–Kier alpha value is -3.30. The summed E-state index contributed by atoms with van der Waals surface area (Å²) in [6.45, 7) is 0.560. The summed E-state index contributed by atoms with van der Waals surface area (Å²) in [6, 6.07) is 8.38. The number of hydrogen-bond acceptors (Lipinski definition) is 6. The molecule has 0 saturated carbocycles. The summed E-state index contributed by atoms with van der Waals surface area (Å²) in [7, 11) is -3.12. The summed E-state index contributed by atoms with van der Waals surface area (Å²) in [5.41, 5.74) is 3.46. The van der Waals surface area contributed by atoms with E-state index in [0.29, 0.717) is 29.1 Å². The summed E-state index contributed by atoms with van der Waals surface area (Å²) >= 11 is 1.03. The van der Waals surface area contributed by atoms with Crippen LogP contribution in [-0.2, 0) is 15.4 Å². The third-order valence-corrected chi connectivity index (χ3v) is 8.58. The molecule has 1 amide bonds. The number of thiocyanates is 1. The van der Waals surface area contributed by atoms with E-state index in [1.54, 1.807) is 35.9 Å². The average Bonchev–Trinajstić information content (AvgIpc) is 3.42. The van der Waals surface area contributed by atoms with Gasteiger partial charge < -0.3 is 14.5 Å². The molecule has 0 saturated heterocycles. The maximum atomic E-state index is 12.6. The van der Waals surface area contributed by atoms with Gasteiger partial charge in [-0.25, -0.2) is 4.79 Å². The van der Waals surface area contributed by atoms with Crippen LogP contribution in [0.25, 0.3) is 21.8 Å². The fourth-order valence-corrected chi connectivity index (χ4v) is 5.91. The van der Waals surface area contributed by atoms with Crippen LogP contribution in [0.5, 0.6) is 0 Å². The van der Waals surface area contributed by atoms with Crippen LogP contribution in [0.15, 0.2) is 40.7 Å². The van der Waals surface area contributed by atoms with Gasteiger partial charge in [-0.15, -0.1) is 11.3 Å². The van der Waals surface area contributed by atoms with E-state index in [2.05, 4.69) is 19.5 Å². The van der Waals surface area contributed by atoms with Crippen LogP contribution in [0.3, 0.4) is 0 Å². The van der Waals surface area contributed by atoms with E-state index in [1.165, 1.54) is 12.3 Å². The lowest BCUT2D eigenvalue weighted by Crippen LogP contribution is -2.31. The number of carbonyl (C=O) groups is 2. The molecule has 1 aliphatic rings. The Morgan fingerprint density at radius 2 is 2.09 bits per heavy atom. The second kappa shape index (κ2) is 7.99. The smallest absolute Gasteiger partial charge is 0.390 e. The summed E-state index contributed by atoms with van der Waals surface area (Å²) in [6.07, 6.45) is -1.73. The fourth-order valence-electron chi connectivity index (χ4n) is 3.15. The molecule has 1 atom stereocenters. The molecule has 3 aromatic rings. The molecule has 166 valence electrons. The van der Waals surface area contributed by atoms with Gasteiger partial charge in [0, 0.05) is 52.7 Å². The van der Waals surface area contributed by atoms with E-state index >= 15 is 0 Å². The molecule has 0 aliphatic carbocycles. The van der Waals surface area contributed by atoms with Crippen molar-refractivity contribution in [3.8, 4) is 27.2 Å². The fraction of sp³-hybridized carbons (Fsp3) is 0.200. The summed E-state index contributed by atoms with van der Waals surface area (Å²) in [5.74, 6) is -2.54. The minimum Gasteiger partial charge on any atom is -0.390 e. The van der Waals surface area contributed by atoms with Gasteiger partial charge in [-0.1, -0.05) is 0 Å². The van der Waals surface area contributed by atoms with E-state index in [1.807, 2.05) is 0 Å². The van der Waals surface area contributed by atoms with Gasteiger partial charge in [-0.3, -0.25) is 9.78 Å². The predicted octanol–water partition coefficient (Wildman–Crippen LogP) is 4.39. The summed E-state index contributed by atoms with van der Waals surface area (Å²) in [5, 5.41) is 13.9. The Morgan fingerprint density at radius 1 is 1.31 bits per heavy atom. The molecule has 32 heavy (non-hydrogen) atoms. The molecule has 3 aromatic heterocycles. The van der Waals surface area contributed by atoms with Gasteiger partial charge in [0.1, 0.15) is 0 Å². The van der Waals surface area contributed by atoms with Crippen molar-refractivity contribution in [2.24, 2.45) is 0 Å². The standard InChI is InChI=1S/C20H15F3N4O3S2/c1-32(10-24,30-19(29)20(21,22)23)17-3-2-16(31-17)15-8-11(4-6-25-15)14-9-12-13(27-14)5-7-26-18(12)28/h2-4,6,8-9,27H,5,7H2,1H3,(H,26,28). The molecule has 0 spiro atoms. The van der Waals surface area contributed by atoms with Crippen molar-refractivity contribution >= 4 is 33.5 Å². The number of amides is 1. The minimum absolute atomic E-state index is 0.141. The number of halogens is 3. The van der Waals surface area contributed by atoms with Crippen LogP contribution >= 0.6 is 21.6 Å². The minimum atomic E-state index is -5.19. The zero-order valence-corrected chi connectivity index (χ0v) is 18.1. The highest BCUT2D eigenvalue weighted by molar-refractivity contribution is 8.34. The number of nitrogens with one attached hydrogen (secondary N) is 2. The quantitative estimate of drug-likeness (QED) is 0.539. The van der Waals surface area contributed by atoms with E-state index in [4.69, 9.17) is 0 Å². The largest absolute Gasteiger partial charge is 0.491 e. The van der Waals surface area contributed by atoms with Crippen molar-refractivity contribution in [2.45, 2.75) is 16.8 Å². The topological polar surface area (TPSA) is 108 Å². The van der Waals surface area contributed by atoms with Crippen molar-refractivity contribution in [3.05, 3.63) is 47.8 Å². The number of alkyl halides is 3. The van der Waals surface area contributed by atoms with E-state index < -0.39 is 22.5 Å². The van der Waals surface area contributed by atoms with Crippen LogP contribution in [0.4, 0.5) is 13.2 Å². The third-order valence-electron chi connectivity index (χ3n) is 4.74. The first kappa shape index (κ1) is 21.9. The molecule has 7 nitrogen and oxygen atoms in total. The number of thiophene rings is 1. The Balaban J connectivity index is 1.63. The Morgan fingerprint density at radius 3 is 2.78 bits per heavy atom. The first-order chi connectivity index (χ1) is 15.1. The number of aromatic amines is 1. The predicted molar refractivity (Wildman–Crippen MR) is 113 cm³/mol. The van der Waals surface area contributed by atoms with Gasteiger partial charge in [0.25, 0.3) is 5.91 Å². The SMILES string of the molecule is CS(C#N)(OC(=O)C(F)(F)F)c1ccc(-c2cc(-c3cc4c([nH]3)CCNC4=O)ccn2)s1. The molecule has 1 unspecified atom stereocenters. The Kier molecular flexibility index (Phi) is 5.47. The van der Waals surface area contributed by atoms with Crippen LogP contribution in [0.2, 0.25) is 0 Å². The van der Waals surface area contributed by atoms with Gasteiger partial charge in [0.05, 0.1) is 20.3 Å². The van der Waals surface area contributed by atoms with E-state index in [0.717, 1.165) is 28.3 Å². The number of nitriles is 1. The number of pyridine rings is 1. The lowest BCUT2D eigenvalue weighted by atomic mass is 10.1. The highest BCUT2D eigenvalue weighted by Gasteiger charge is 2.45. The maximum absolute atomic E-state index is 12.6. The number of hydrogen-bond donors (Lipinski definition) is 2. The van der Waals surface area contributed by atoms with Crippen LogP contribution < -0.4 is 5.32 Å². The maximum Gasteiger partial charge on any atom is 0.491 e. The lowest BCUT2D eigenvalue weighted by molar-refractivity contribution is -0.188. The lowest BCUT2D eigenvalue weighted by Gasteiger charge is -2.25. The molecule has 12 heteroatoms. The first-order valence-electron chi connectivity index (χ1n) is 9.17. The summed E-state index contributed by atoms with van der Waals surface area (Å²) < 4.78 is 42.6. The molecular weight excluding hydrogens is 465 g/mol. The van der Waals surface area contributed by atoms with Crippen LogP contribution in [0.1, 0.15) is 16.1 Å². The van der Waals surface area contributed by atoms with E-state index in [-0.39, 0.29) is 10.1 Å². The third kappa shape index (κ3) is 4.09. The molecule has 0 fully saturated rings. The number of nitrogens with zero attached hydrogens (tertiary/aromatic N) is 2.